The normalized spacial score (nSPS) is 10.8. The van der Waals surface area contributed by atoms with Gasteiger partial charge in [0.05, 0.1) is 0 Å². The van der Waals surface area contributed by atoms with Gasteiger partial charge in [-0.05, 0) is 18.9 Å². The summed E-state index contributed by atoms with van der Waals surface area (Å²) in [6.45, 7) is 9.73. The summed E-state index contributed by atoms with van der Waals surface area (Å²) in [4.78, 5) is 0. The average molecular weight is 214 g/mol. The van der Waals surface area contributed by atoms with Crippen LogP contribution in [-0.4, -0.2) is 0 Å². The van der Waals surface area contributed by atoms with E-state index in [4.69, 9.17) is 0 Å². The van der Waals surface area contributed by atoms with Gasteiger partial charge in [-0.1, -0.05) is 80.6 Å². The van der Waals surface area contributed by atoms with Gasteiger partial charge in [0.15, 0.2) is 0 Å². The summed E-state index contributed by atoms with van der Waals surface area (Å²) in [5, 5.41) is 0. The van der Waals surface area contributed by atoms with Crippen molar-refractivity contribution in [2.45, 2.75) is 27.2 Å². The van der Waals surface area contributed by atoms with Crippen molar-refractivity contribution < 1.29 is 0 Å². The summed E-state index contributed by atoms with van der Waals surface area (Å²) in [6, 6.07) is 10.4. The highest BCUT2D eigenvalue weighted by Gasteiger charge is 1.85. The van der Waals surface area contributed by atoms with Gasteiger partial charge >= 0.3 is 0 Å². The summed E-state index contributed by atoms with van der Waals surface area (Å²) in [6.07, 6.45) is 9.09. The number of benzene rings is 1. The van der Waals surface area contributed by atoms with Gasteiger partial charge in [-0.15, -0.1) is 0 Å². The van der Waals surface area contributed by atoms with Gasteiger partial charge in [-0.2, -0.15) is 0 Å². The first-order valence-electron chi connectivity index (χ1n) is 5.82. The summed E-state index contributed by atoms with van der Waals surface area (Å²) >= 11 is 0. The fourth-order valence-electron chi connectivity index (χ4n) is 1.24. The molecule has 0 amide bonds. The molecule has 1 aromatic rings. The maximum absolute atomic E-state index is 3.66. The molecule has 0 atom stereocenters. The van der Waals surface area contributed by atoms with Crippen LogP contribution in [0.25, 0.3) is 0 Å². The molecule has 0 nitrogen and oxygen atoms in total. The number of hydrogen-bond donors (Lipinski definition) is 0. The molecule has 0 aromatic heterocycles. The Kier molecular flexibility index (Phi) is 9.00. The fraction of sp³-hybridized carbons (Fsp3) is 0.250. The minimum atomic E-state index is 0.989. The minimum Gasteiger partial charge on any atom is -0.0991 e. The first-order valence-corrected chi connectivity index (χ1v) is 5.82. The van der Waals surface area contributed by atoms with Crippen LogP contribution in [0.1, 0.15) is 26.3 Å². The maximum Gasteiger partial charge on any atom is -0.00942 e. The maximum atomic E-state index is 3.66. The average Bonchev–Trinajstić information content (AvgIpc) is 2.33. The summed E-state index contributed by atoms with van der Waals surface area (Å²) in [5.41, 5.74) is 2.58. The molecule has 0 aliphatic heterocycles. The lowest BCUT2D eigenvalue weighted by molar-refractivity contribution is 1.26. The van der Waals surface area contributed by atoms with Crippen LogP contribution in [0.4, 0.5) is 0 Å². The van der Waals surface area contributed by atoms with Crippen LogP contribution >= 0.6 is 0 Å². The molecule has 0 fully saturated rings. The zero-order valence-electron chi connectivity index (χ0n) is 10.6. The summed E-state index contributed by atoms with van der Waals surface area (Å²) in [5.74, 6) is 0. The first kappa shape index (κ1) is 14.4. The quantitative estimate of drug-likeness (QED) is 0.622. The van der Waals surface area contributed by atoms with Crippen molar-refractivity contribution >= 4 is 0 Å². The van der Waals surface area contributed by atoms with Crippen molar-refractivity contribution in [3.63, 3.8) is 0 Å². The number of rotatable bonds is 4. The third-order valence-electron chi connectivity index (χ3n) is 1.96. The molecule has 1 rings (SSSR count). The van der Waals surface area contributed by atoms with E-state index >= 15 is 0 Å². The Morgan fingerprint density at radius 2 is 1.81 bits per heavy atom. The molecule has 0 bridgehead atoms. The molecule has 0 aliphatic rings. The Labute approximate surface area is 100 Å². The van der Waals surface area contributed by atoms with Gasteiger partial charge in [0, 0.05) is 0 Å². The van der Waals surface area contributed by atoms with E-state index < -0.39 is 0 Å². The molecule has 0 heterocycles. The minimum absolute atomic E-state index is 0.989. The van der Waals surface area contributed by atoms with Gasteiger partial charge < -0.3 is 0 Å². The van der Waals surface area contributed by atoms with Crippen LogP contribution in [0, 0.1) is 0 Å². The summed E-state index contributed by atoms with van der Waals surface area (Å²) in [7, 11) is 0. The fourth-order valence-corrected chi connectivity index (χ4v) is 1.24. The van der Waals surface area contributed by atoms with Crippen molar-refractivity contribution in [1.82, 2.24) is 0 Å². The van der Waals surface area contributed by atoms with Crippen LogP contribution in [0.2, 0.25) is 0 Å². The monoisotopic (exact) mass is 214 g/mol. The summed E-state index contributed by atoms with van der Waals surface area (Å²) < 4.78 is 0. The molecule has 0 heteroatoms. The van der Waals surface area contributed by atoms with Gasteiger partial charge in [-0.3, -0.25) is 0 Å². The van der Waals surface area contributed by atoms with Crippen molar-refractivity contribution in [3.8, 4) is 0 Å². The van der Waals surface area contributed by atoms with Crippen molar-refractivity contribution in [2.24, 2.45) is 0 Å². The van der Waals surface area contributed by atoms with E-state index in [-0.39, 0.29) is 0 Å². The number of allylic oxidation sites excluding steroid dienone is 5. The van der Waals surface area contributed by atoms with Crippen LogP contribution in [0.15, 0.2) is 66.8 Å². The topological polar surface area (TPSA) is 0 Å². The molecule has 0 saturated carbocycles. The van der Waals surface area contributed by atoms with E-state index in [0.29, 0.717) is 0 Å². The molecular formula is C16H22. The Morgan fingerprint density at radius 3 is 2.38 bits per heavy atom. The van der Waals surface area contributed by atoms with Gasteiger partial charge in [0.25, 0.3) is 0 Å². The van der Waals surface area contributed by atoms with Crippen LogP contribution in [-0.2, 0) is 6.42 Å². The largest absolute Gasteiger partial charge is 0.0991 e. The Hall–Kier alpha value is -1.56. The lowest BCUT2D eigenvalue weighted by atomic mass is 10.1. The van der Waals surface area contributed by atoms with Crippen LogP contribution in [0.3, 0.4) is 0 Å². The molecule has 0 radical (unpaired) electrons. The third kappa shape index (κ3) is 6.83. The standard InChI is InChI=1S/C14H16.C2H6/c1-3-8-13(2)9-7-12-14-10-5-4-6-11-14;1-2/h3-11H,1,12H2,2H3;1-2H3/b9-7-,13-8-;. The number of hydrogen-bond acceptors (Lipinski definition) is 0. The molecule has 0 N–H and O–H groups in total. The van der Waals surface area contributed by atoms with E-state index in [1.807, 2.05) is 32.1 Å². The van der Waals surface area contributed by atoms with E-state index in [1.54, 1.807) is 0 Å². The van der Waals surface area contributed by atoms with Gasteiger partial charge in [0.2, 0.25) is 0 Å². The van der Waals surface area contributed by atoms with Gasteiger partial charge in [0.1, 0.15) is 0 Å². The zero-order chi connectivity index (χ0) is 12.2. The SMILES string of the molecule is C=C/C=C(C)\C=C/Cc1ccccc1.CC. The molecule has 1 aromatic carbocycles. The molecule has 16 heavy (non-hydrogen) atoms. The molecule has 0 unspecified atom stereocenters. The smallest absolute Gasteiger partial charge is 0.00942 e. The van der Waals surface area contributed by atoms with Gasteiger partial charge in [-0.25, -0.2) is 0 Å². The van der Waals surface area contributed by atoms with Crippen molar-refractivity contribution in [1.29, 1.82) is 0 Å². The second-order valence-corrected chi connectivity index (χ2v) is 3.24. The van der Waals surface area contributed by atoms with E-state index in [0.717, 1.165) is 6.42 Å². The van der Waals surface area contributed by atoms with Crippen molar-refractivity contribution in [3.05, 3.63) is 72.4 Å². The third-order valence-corrected chi connectivity index (χ3v) is 1.96. The highest BCUT2D eigenvalue weighted by Crippen LogP contribution is 2.02. The van der Waals surface area contributed by atoms with E-state index in [9.17, 15) is 0 Å². The second-order valence-electron chi connectivity index (χ2n) is 3.24. The molecule has 0 aliphatic carbocycles. The highest BCUT2D eigenvalue weighted by atomic mass is 13.9. The van der Waals surface area contributed by atoms with Crippen LogP contribution < -0.4 is 0 Å². The van der Waals surface area contributed by atoms with E-state index in [1.165, 1.54) is 11.1 Å². The predicted octanol–water partition coefficient (Wildman–Crippen LogP) is 4.94. The first-order chi connectivity index (χ1) is 7.83. The molecular weight excluding hydrogens is 192 g/mol. The molecule has 0 saturated heterocycles. The van der Waals surface area contributed by atoms with Crippen LogP contribution in [0.5, 0.6) is 0 Å². The Balaban J connectivity index is 0.00000106. The molecule has 0 spiro atoms. The predicted molar refractivity (Wildman–Crippen MR) is 74.6 cm³/mol. The zero-order valence-corrected chi connectivity index (χ0v) is 10.6. The lowest BCUT2D eigenvalue weighted by Crippen LogP contribution is -1.78. The highest BCUT2D eigenvalue weighted by molar-refractivity contribution is 5.23. The van der Waals surface area contributed by atoms with Crippen molar-refractivity contribution in [2.75, 3.05) is 0 Å². The van der Waals surface area contributed by atoms with E-state index in [2.05, 4.69) is 49.9 Å². The Morgan fingerprint density at radius 1 is 1.19 bits per heavy atom. The molecule has 86 valence electrons. The Bertz CT molecular complexity index is 328. The lowest BCUT2D eigenvalue weighted by Gasteiger charge is -1.94. The second kappa shape index (κ2) is 9.97.